The summed E-state index contributed by atoms with van der Waals surface area (Å²) in [5.74, 6) is -0.186. The Morgan fingerprint density at radius 2 is 0.859 bits per heavy atom. The number of nitrogens with one attached hydrogen (secondary N) is 1. The molecule has 0 aromatic rings. The summed E-state index contributed by atoms with van der Waals surface area (Å²) in [6, 6.07) is -0.861. The number of unbranched alkanes of at least 4 members (excludes halogenated alkanes) is 33. The fourth-order valence-electron chi connectivity index (χ4n) is 7.99. The van der Waals surface area contributed by atoms with Crippen LogP contribution in [0.3, 0.4) is 0 Å². The van der Waals surface area contributed by atoms with Gasteiger partial charge in [-0.3, -0.25) is 13.8 Å². The Morgan fingerprint density at radius 1 is 0.516 bits per heavy atom. The maximum absolute atomic E-state index is 12.9. The van der Waals surface area contributed by atoms with E-state index in [4.69, 9.17) is 9.05 Å². The van der Waals surface area contributed by atoms with E-state index < -0.39 is 20.0 Å². The first-order valence-electron chi connectivity index (χ1n) is 27.4. The Bertz CT molecular complexity index is 1140. The fraction of sp³-hybridized carbons (Fsp3) is 0.873. The Morgan fingerprint density at radius 3 is 1.25 bits per heavy atom. The van der Waals surface area contributed by atoms with Gasteiger partial charge in [0.2, 0.25) is 5.91 Å². The van der Waals surface area contributed by atoms with Crippen molar-refractivity contribution in [2.45, 2.75) is 270 Å². The highest BCUT2D eigenvalue weighted by atomic mass is 31.2. The van der Waals surface area contributed by atoms with E-state index in [-0.39, 0.29) is 19.1 Å². The molecule has 0 heterocycles. The van der Waals surface area contributed by atoms with Gasteiger partial charge in [-0.2, -0.15) is 0 Å². The van der Waals surface area contributed by atoms with Gasteiger partial charge < -0.3 is 19.8 Å². The summed E-state index contributed by atoms with van der Waals surface area (Å²) in [6.45, 7) is 4.80. The van der Waals surface area contributed by atoms with Crippen LogP contribution in [0, 0.1) is 0 Å². The van der Waals surface area contributed by atoms with E-state index in [1.54, 1.807) is 6.08 Å². The predicted molar refractivity (Wildman–Crippen MR) is 277 cm³/mol. The molecule has 3 atom stereocenters. The van der Waals surface area contributed by atoms with E-state index in [9.17, 15) is 19.4 Å². The molecule has 3 unspecified atom stereocenters. The summed E-state index contributed by atoms with van der Waals surface area (Å²) in [7, 11) is 1.56. The van der Waals surface area contributed by atoms with Crippen molar-refractivity contribution in [3.05, 3.63) is 36.5 Å². The van der Waals surface area contributed by atoms with Crippen LogP contribution in [0.1, 0.15) is 258 Å². The summed E-state index contributed by atoms with van der Waals surface area (Å²) < 4.78 is 23.6. The molecule has 0 rings (SSSR count). The third kappa shape index (κ3) is 48.6. The molecule has 1 amide bonds. The number of likely N-dealkylation sites (N-methyl/N-ethyl adjacent to an activating group) is 1. The van der Waals surface area contributed by atoms with Crippen LogP contribution in [-0.2, 0) is 18.4 Å². The largest absolute Gasteiger partial charge is 0.472 e. The zero-order chi connectivity index (χ0) is 47.1. The van der Waals surface area contributed by atoms with Crippen molar-refractivity contribution in [2.75, 3.05) is 40.9 Å². The van der Waals surface area contributed by atoms with Crippen LogP contribution in [0.25, 0.3) is 0 Å². The first-order valence-corrected chi connectivity index (χ1v) is 28.9. The van der Waals surface area contributed by atoms with E-state index in [1.165, 1.54) is 199 Å². The highest BCUT2D eigenvalue weighted by Crippen LogP contribution is 2.43. The van der Waals surface area contributed by atoms with Crippen molar-refractivity contribution in [2.24, 2.45) is 0 Å². The lowest BCUT2D eigenvalue weighted by molar-refractivity contribution is -0.870. The summed E-state index contributed by atoms with van der Waals surface area (Å²) in [6.07, 6.45) is 59.7. The molecule has 0 aromatic heterocycles. The Kier molecular flexibility index (Phi) is 45.9. The van der Waals surface area contributed by atoms with Gasteiger partial charge in [0.05, 0.1) is 39.9 Å². The molecule has 0 aliphatic heterocycles. The molecule has 0 radical (unpaired) electrons. The van der Waals surface area contributed by atoms with Crippen molar-refractivity contribution >= 4 is 13.7 Å². The minimum Gasteiger partial charge on any atom is -0.387 e. The highest BCUT2D eigenvalue weighted by molar-refractivity contribution is 7.47. The second-order valence-corrected chi connectivity index (χ2v) is 21.4. The number of aliphatic hydroxyl groups is 1. The molecule has 378 valence electrons. The number of carbonyl (C=O) groups excluding carboxylic acids is 1. The highest BCUT2D eigenvalue weighted by Gasteiger charge is 2.27. The van der Waals surface area contributed by atoms with Crippen molar-refractivity contribution in [1.82, 2.24) is 5.32 Å². The molecular weight excluding hydrogens is 816 g/mol. The summed E-state index contributed by atoms with van der Waals surface area (Å²) in [5.41, 5.74) is 0. The normalized spacial score (nSPS) is 14.3. The Hall–Kier alpha value is -1.28. The topological polar surface area (TPSA) is 105 Å². The van der Waals surface area contributed by atoms with Gasteiger partial charge in [0.1, 0.15) is 13.2 Å². The minimum atomic E-state index is -4.35. The third-order valence-electron chi connectivity index (χ3n) is 12.3. The number of aliphatic hydroxyl groups excluding tert-OH is 1. The molecule has 64 heavy (non-hydrogen) atoms. The molecule has 9 heteroatoms. The smallest absolute Gasteiger partial charge is 0.387 e. The van der Waals surface area contributed by atoms with Gasteiger partial charge in [-0.1, -0.05) is 230 Å². The van der Waals surface area contributed by atoms with Crippen LogP contribution < -0.4 is 5.32 Å². The molecule has 0 saturated carbocycles. The van der Waals surface area contributed by atoms with Gasteiger partial charge in [-0.15, -0.1) is 0 Å². The van der Waals surface area contributed by atoms with Crippen molar-refractivity contribution in [1.29, 1.82) is 0 Å². The molecule has 0 spiro atoms. The standard InChI is InChI=1S/C55H107N2O6P/c1-6-8-10-12-14-16-18-20-21-22-23-24-25-26-27-28-29-30-31-32-33-34-35-37-39-41-43-45-47-49-55(59)56-53(52-63-64(60,61)62-51-50-57(3,4)5)54(58)48-46-44-42-40-38-36-19-17-15-13-11-9-7-2/h26-27,38,40,46,48,53-54,58H,6-25,28-37,39,41-45,47,49-52H2,1-5H3,(H-,56,59,60,61)/p+1/b27-26-,40-38+,48-46+. The molecule has 0 aliphatic carbocycles. The summed E-state index contributed by atoms with van der Waals surface area (Å²) in [4.78, 5) is 23.2. The average molecular weight is 924 g/mol. The van der Waals surface area contributed by atoms with Crippen LogP contribution >= 0.6 is 7.82 Å². The van der Waals surface area contributed by atoms with Crippen LogP contribution in [0.15, 0.2) is 36.5 Å². The minimum absolute atomic E-state index is 0.0568. The van der Waals surface area contributed by atoms with Crippen LogP contribution in [-0.4, -0.2) is 73.4 Å². The van der Waals surface area contributed by atoms with Gasteiger partial charge in [0.25, 0.3) is 0 Å². The van der Waals surface area contributed by atoms with Crippen LogP contribution in [0.5, 0.6) is 0 Å². The number of amides is 1. The van der Waals surface area contributed by atoms with E-state index in [0.29, 0.717) is 17.4 Å². The summed E-state index contributed by atoms with van der Waals surface area (Å²) in [5, 5.41) is 13.8. The van der Waals surface area contributed by atoms with Gasteiger partial charge in [-0.25, -0.2) is 4.57 Å². The molecule has 0 aliphatic rings. The number of phosphoric ester groups is 1. The predicted octanol–water partition coefficient (Wildman–Crippen LogP) is 16.2. The number of nitrogens with zero attached hydrogens (tertiary/aromatic N) is 1. The molecule has 0 saturated heterocycles. The molecule has 8 nitrogen and oxygen atoms in total. The number of allylic oxidation sites excluding steroid dienone is 5. The maximum atomic E-state index is 12.9. The lowest BCUT2D eigenvalue weighted by Gasteiger charge is -2.25. The van der Waals surface area contributed by atoms with Crippen LogP contribution in [0.4, 0.5) is 0 Å². The van der Waals surface area contributed by atoms with Gasteiger partial charge in [0.15, 0.2) is 0 Å². The molecule has 0 bridgehead atoms. The van der Waals surface area contributed by atoms with E-state index in [2.05, 4.69) is 43.5 Å². The SMILES string of the molecule is CCCCCCCCC/C=C/CC/C=C/C(O)C(COP(=O)(O)OCC[N+](C)(C)C)NC(=O)CCCCCCCCCCCCCCC/C=C\CCCCCCCCCCCCCC. The van der Waals surface area contributed by atoms with Gasteiger partial charge >= 0.3 is 7.82 Å². The zero-order valence-corrected chi connectivity index (χ0v) is 43.9. The van der Waals surface area contributed by atoms with E-state index in [0.717, 1.165) is 38.5 Å². The Labute approximate surface area is 397 Å². The first-order chi connectivity index (χ1) is 31.0. The third-order valence-corrected chi connectivity index (χ3v) is 13.3. The van der Waals surface area contributed by atoms with Crippen molar-refractivity contribution in [3.63, 3.8) is 0 Å². The number of quaternary nitrogens is 1. The maximum Gasteiger partial charge on any atom is 0.472 e. The molecule has 0 fully saturated rings. The number of phosphoric acid groups is 1. The second-order valence-electron chi connectivity index (χ2n) is 19.9. The quantitative estimate of drug-likeness (QED) is 0.0243. The number of rotatable bonds is 50. The van der Waals surface area contributed by atoms with Crippen LogP contribution in [0.2, 0.25) is 0 Å². The van der Waals surface area contributed by atoms with E-state index in [1.807, 2.05) is 27.2 Å². The molecule has 0 aromatic carbocycles. The zero-order valence-electron chi connectivity index (χ0n) is 43.0. The molecular formula is C55H108N2O6P+. The van der Waals surface area contributed by atoms with Crippen molar-refractivity contribution in [3.8, 4) is 0 Å². The Balaban J connectivity index is 4.11. The van der Waals surface area contributed by atoms with E-state index >= 15 is 0 Å². The monoisotopic (exact) mass is 924 g/mol. The summed E-state index contributed by atoms with van der Waals surface area (Å²) >= 11 is 0. The average Bonchev–Trinajstić information content (AvgIpc) is 3.25. The fourth-order valence-corrected chi connectivity index (χ4v) is 8.73. The second kappa shape index (κ2) is 46.8. The first kappa shape index (κ1) is 62.7. The van der Waals surface area contributed by atoms with Gasteiger partial charge in [0, 0.05) is 6.42 Å². The van der Waals surface area contributed by atoms with Gasteiger partial charge in [-0.05, 0) is 57.8 Å². The lowest BCUT2D eigenvalue weighted by atomic mass is 10.0. The lowest BCUT2D eigenvalue weighted by Crippen LogP contribution is -2.45. The van der Waals surface area contributed by atoms with Crippen molar-refractivity contribution < 1.29 is 32.9 Å². The molecule has 3 N–H and O–H groups in total. The number of carbonyl (C=O) groups is 1. The number of hydrogen-bond donors (Lipinski definition) is 3. The number of hydrogen-bond acceptors (Lipinski definition) is 5.